The van der Waals surface area contributed by atoms with Crippen molar-refractivity contribution in [2.75, 3.05) is 19.6 Å². The predicted octanol–water partition coefficient (Wildman–Crippen LogP) is 2.31. The predicted molar refractivity (Wildman–Crippen MR) is 80.4 cm³/mol. The summed E-state index contributed by atoms with van der Waals surface area (Å²) in [6.07, 6.45) is 4.10. The van der Waals surface area contributed by atoms with E-state index >= 15 is 0 Å². The van der Waals surface area contributed by atoms with Gasteiger partial charge in [0.15, 0.2) is 0 Å². The zero-order valence-electron chi connectivity index (χ0n) is 10.6. The number of carbonyl (C=O) groups excluding carboxylic acids is 1. The molecule has 0 aromatic heterocycles. The molecule has 0 aliphatic carbocycles. The molecule has 0 bridgehead atoms. The van der Waals surface area contributed by atoms with Crippen molar-refractivity contribution in [3.05, 3.63) is 23.1 Å². The molecule has 1 atom stereocenters. The second-order valence-corrected chi connectivity index (χ2v) is 6.09. The molecule has 0 spiro atoms. The molecule has 98 valence electrons. The van der Waals surface area contributed by atoms with Crippen LogP contribution in [0, 0.1) is 5.92 Å². The number of likely N-dealkylation sites (N-methyl/N-ethyl adjacent to an activating group) is 1. The summed E-state index contributed by atoms with van der Waals surface area (Å²) in [5.41, 5.74) is 1.07. The molecule has 0 aromatic carbocycles. The average molecular weight is 282 g/mol. The summed E-state index contributed by atoms with van der Waals surface area (Å²) in [5.74, 6) is 0.440. The van der Waals surface area contributed by atoms with Gasteiger partial charge in [0.05, 0.1) is 4.91 Å². The minimum Gasteiger partial charge on any atom is -0.316 e. The molecule has 2 rings (SSSR count). The van der Waals surface area contributed by atoms with Crippen LogP contribution in [0.1, 0.15) is 19.8 Å². The number of piperidine rings is 1. The number of rotatable bonds is 3. The fourth-order valence-corrected chi connectivity index (χ4v) is 3.93. The van der Waals surface area contributed by atoms with Gasteiger partial charge in [0, 0.05) is 13.1 Å². The Morgan fingerprint density at radius 2 is 2.50 bits per heavy atom. The van der Waals surface area contributed by atoms with Gasteiger partial charge >= 0.3 is 0 Å². The van der Waals surface area contributed by atoms with Crippen molar-refractivity contribution in [1.29, 1.82) is 0 Å². The smallest absolute Gasteiger partial charge is 0.266 e. The number of thiocarbonyl (C=S) groups is 1. The molecule has 1 amide bonds. The van der Waals surface area contributed by atoms with Crippen molar-refractivity contribution >= 4 is 34.2 Å². The molecule has 5 heteroatoms. The van der Waals surface area contributed by atoms with Gasteiger partial charge in [-0.15, -0.1) is 0 Å². The Morgan fingerprint density at radius 3 is 3.00 bits per heavy atom. The van der Waals surface area contributed by atoms with Crippen LogP contribution in [0.5, 0.6) is 0 Å². The molecule has 3 nitrogen and oxygen atoms in total. The lowest BCUT2D eigenvalue weighted by atomic mass is 9.91. The topological polar surface area (TPSA) is 32.3 Å². The van der Waals surface area contributed by atoms with Gasteiger partial charge in [-0.2, -0.15) is 0 Å². The van der Waals surface area contributed by atoms with E-state index in [1.165, 1.54) is 11.8 Å². The van der Waals surface area contributed by atoms with Gasteiger partial charge in [0.25, 0.3) is 5.91 Å². The maximum absolute atomic E-state index is 12.3. The van der Waals surface area contributed by atoms with E-state index in [0.717, 1.165) is 36.4 Å². The van der Waals surface area contributed by atoms with Crippen molar-refractivity contribution in [2.45, 2.75) is 19.8 Å². The Hall–Kier alpha value is -0.650. The molecule has 0 aromatic rings. The number of carbonyl (C=O) groups is 1. The fraction of sp³-hybridized carbons (Fsp3) is 0.538. The highest BCUT2D eigenvalue weighted by molar-refractivity contribution is 8.26. The lowest BCUT2D eigenvalue weighted by Gasteiger charge is -2.24. The Morgan fingerprint density at radius 1 is 1.72 bits per heavy atom. The Balaban J connectivity index is 2.29. The van der Waals surface area contributed by atoms with Crippen LogP contribution in [0.15, 0.2) is 23.1 Å². The highest BCUT2D eigenvalue weighted by atomic mass is 32.2. The van der Waals surface area contributed by atoms with Gasteiger partial charge in [-0.3, -0.25) is 9.69 Å². The molecule has 1 unspecified atom stereocenters. The molecule has 0 saturated carbocycles. The van der Waals surface area contributed by atoms with Gasteiger partial charge in [-0.1, -0.05) is 36.6 Å². The van der Waals surface area contributed by atoms with Gasteiger partial charge in [0.1, 0.15) is 4.32 Å². The normalized spacial score (nSPS) is 27.6. The third kappa shape index (κ3) is 2.53. The molecular weight excluding hydrogens is 264 g/mol. The monoisotopic (exact) mass is 282 g/mol. The first kappa shape index (κ1) is 13.8. The zero-order valence-corrected chi connectivity index (χ0v) is 12.2. The van der Waals surface area contributed by atoms with Gasteiger partial charge < -0.3 is 5.32 Å². The van der Waals surface area contributed by atoms with Crippen LogP contribution in [-0.4, -0.2) is 34.8 Å². The van der Waals surface area contributed by atoms with Crippen LogP contribution in [-0.2, 0) is 4.79 Å². The summed E-state index contributed by atoms with van der Waals surface area (Å²) in [5, 5.41) is 3.38. The maximum Gasteiger partial charge on any atom is 0.266 e. The quantitative estimate of drug-likeness (QED) is 0.636. The molecule has 2 aliphatic heterocycles. The molecule has 2 heterocycles. The molecule has 0 radical (unpaired) electrons. The van der Waals surface area contributed by atoms with Crippen LogP contribution in [0.4, 0.5) is 0 Å². The number of hydrogen-bond donors (Lipinski definition) is 1. The van der Waals surface area contributed by atoms with E-state index in [-0.39, 0.29) is 5.91 Å². The first-order chi connectivity index (χ1) is 8.69. The molecule has 2 fully saturated rings. The first-order valence-electron chi connectivity index (χ1n) is 6.30. The lowest BCUT2D eigenvalue weighted by molar-refractivity contribution is -0.122. The minimum atomic E-state index is 0.0490. The zero-order chi connectivity index (χ0) is 13.1. The van der Waals surface area contributed by atoms with Crippen molar-refractivity contribution in [2.24, 2.45) is 5.92 Å². The molecule has 2 aliphatic rings. The van der Waals surface area contributed by atoms with E-state index < -0.39 is 0 Å². The SMILES string of the molecule is C=CC(=C1SC(=S)N(CC)C1=O)C1CCCNC1. The number of nitrogens with one attached hydrogen (secondary N) is 1. The number of hydrogen-bond acceptors (Lipinski definition) is 4. The van der Waals surface area contributed by atoms with Crippen molar-refractivity contribution in [3.8, 4) is 0 Å². The maximum atomic E-state index is 12.3. The highest BCUT2D eigenvalue weighted by Crippen LogP contribution is 2.37. The van der Waals surface area contributed by atoms with Crippen molar-refractivity contribution < 1.29 is 4.79 Å². The fourth-order valence-electron chi connectivity index (χ4n) is 2.41. The number of allylic oxidation sites excluding steroid dienone is 1. The van der Waals surface area contributed by atoms with E-state index in [1.807, 2.05) is 13.0 Å². The summed E-state index contributed by atoms with van der Waals surface area (Å²) in [6, 6.07) is 0. The molecular formula is C13H18N2OS2. The third-order valence-corrected chi connectivity index (χ3v) is 4.86. The van der Waals surface area contributed by atoms with Crippen LogP contribution < -0.4 is 5.32 Å². The number of thioether (sulfide) groups is 1. The van der Waals surface area contributed by atoms with Gasteiger partial charge in [-0.25, -0.2) is 0 Å². The standard InChI is InChI=1S/C13H18N2OS2/c1-3-10(9-6-5-7-14-8-9)11-12(16)15(4-2)13(17)18-11/h3,9,14H,1,4-8H2,2H3. The van der Waals surface area contributed by atoms with Crippen LogP contribution in [0.25, 0.3) is 0 Å². The van der Waals surface area contributed by atoms with E-state index in [1.54, 1.807) is 4.90 Å². The van der Waals surface area contributed by atoms with Crippen molar-refractivity contribution in [3.63, 3.8) is 0 Å². The number of nitrogens with zero attached hydrogens (tertiary/aromatic N) is 1. The second-order valence-electron chi connectivity index (χ2n) is 4.45. The van der Waals surface area contributed by atoms with E-state index in [2.05, 4.69) is 11.9 Å². The minimum absolute atomic E-state index is 0.0490. The first-order valence-corrected chi connectivity index (χ1v) is 7.52. The number of amides is 1. The molecule has 18 heavy (non-hydrogen) atoms. The molecule has 1 N–H and O–H groups in total. The summed E-state index contributed by atoms with van der Waals surface area (Å²) in [4.78, 5) is 14.7. The summed E-state index contributed by atoms with van der Waals surface area (Å²) >= 11 is 6.67. The Bertz CT molecular complexity index is 411. The summed E-state index contributed by atoms with van der Waals surface area (Å²) in [7, 11) is 0. The summed E-state index contributed by atoms with van der Waals surface area (Å²) in [6.45, 7) is 8.46. The van der Waals surface area contributed by atoms with E-state index in [0.29, 0.717) is 16.8 Å². The largest absolute Gasteiger partial charge is 0.316 e. The Labute approximate surface area is 118 Å². The highest BCUT2D eigenvalue weighted by Gasteiger charge is 2.34. The lowest BCUT2D eigenvalue weighted by Crippen LogP contribution is -2.32. The van der Waals surface area contributed by atoms with Crippen LogP contribution in [0.3, 0.4) is 0 Å². The van der Waals surface area contributed by atoms with E-state index in [4.69, 9.17) is 12.2 Å². The Kier molecular flexibility index (Phi) is 4.59. The van der Waals surface area contributed by atoms with Crippen LogP contribution in [0.2, 0.25) is 0 Å². The van der Waals surface area contributed by atoms with Gasteiger partial charge in [0.2, 0.25) is 0 Å². The van der Waals surface area contributed by atoms with Crippen LogP contribution >= 0.6 is 24.0 Å². The summed E-state index contributed by atoms with van der Waals surface area (Å²) < 4.78 is 0.667. The van der Waals surface area contributed by atoms with Gasteiger partial charge in [-0.05, 0) is 37.8 Å². The molecule has 2 saturated heterocycles. The van der Waals surface area contributed by atoms with Crippen molar-refractivity contribution in [1.82, 2.24) is 10.2 Å². The third-order valence-electron chi connectivity index (χ3n) is 3.38. The second kappa shape index (κ2) is 5.99. The van der Waals surface area contributed by atoms with E-state index in [9.17, 15) is 4.79 Å². The average Bonchev–Trinajstić information content (AvgIpc) is 2.67.